The molecule has 2 heterocycles. The van der Waals surface area contributed by atoms with E-state index in [1.165, 1.54) is 27.4 Å². The quantitative estimate of drug-likeness (QED) is 0.657. The molecule has 0 spiro atoms. The summed E-state index contributed by atoms with van der Waals surface area (Å²) in [5.74, 6) is 0. The number of aryl methyl sites for hydroxylation is 2. The van der Waals surface area contributed by atoms with E-state index in [9.17, 15) is 0 Å². The third-order valence-electron chi connectivity index (χ3n) is 2.90. The molecule has 0 radical (unpaired) electrons. The molecule has 0 fully saturated rings. The summed E-state index contributed by atoms with van der Waals surface area (Å²) in [6.45, 7) is 4.17. The summed E-state index contributed by atoms with van der Waals surface area (Å²) in [5.41, 5.74) is 4.55. The Bertz CT molecular complexity index is 698. The van der Waals surface area contributed by atoms with E-state index < -0.39 is 0 Å². The second-order valence-electron chi connectivity index (χ2n) is 4.15. The van der Waals surface area contributed by atoms with Crippen molar-refractivity contribution in [3.05, 3.63) is 40.0 Å². The molecule has 2 aromatic heterocycles. The number of aromatic amines is 1. The molecule has 1 N–H and O–H groups in total. The van der Waals surface area contributed by atoms with Gasteiger partial charge in [0.1, 0.15) is 5.65 Å². The molecule has 1 aromatic carbocycles. The highest BCUT2D eigenvalue weighted by molar-refractivity contribution is 9.10. The van der Waals surface area contributed by atoms with Crippen molar-refractivity contribution in [2.45, 2.75) is 13.8 Å². The molecule has 0 aliphatic heterocycles. The molecule has 0 atom stereocenters. The predicted molar refractivity (Wildman–Crippen MR) is 70.8 cm³/mol. The molecule has 80 valence electrons. The van der Waals surface area contributed by atoms with Crippen molar-refractivity contribution in [2.75, 3.05) is 0 Å². The van der Waals surface area contributed by atoms with E-state index in [1.54, 1.807) is 0 Å². The first-order chi connectivity index (χ1) is 7.66. The van der Waals surface area contributed by atoms with E-state index in [4.69, 9.17) is 0 Å². The number of hydrogen-bond acceptors (Lipinski definition) is 1. The van der Waals surface area contributed by atoms with Crippen molar-refractivity contribution < 1.29 is 0 Å². The molecule has 0 aliphatic rings. The summed E-state index contributed by atoms with van der Waals surface area (Å²) < 4.78 is 1.12. The molecular formula is C13H11BrN2. The van der Waals surface area contributed by atoms with Crippen LogP contribution in [0.15, 0.2) is 28.9 Å². The Balaban J connectivity index is 2.62. The van der Waals surface area contributed by atoms with Crippen LogP contribution in [0, 0.1) is 13.8 Å². The van der Waals surface area contributed by atoms with Gasteiger partial charge in [0.25, 0.3) is 0 Å². The van der Waals surface area contributed by atoms with Crippen LogP contribution >= 0.6 is 15.9 Å². The Morgan fingerprint density at radius 1 is 1.25 bits per heavy atom. The molecule has 3 heteroatoms. The fourth-order valence-electron chi connectivity index (χ4n) is 2.08. The third-order valence-corrected chi connectivity index (χ3v) is 3.56. The van der Waals surface area contributed by atoms with E-state index in [0.29, 0.717) is 0 Å². The van der Waals surface area contributed by atoms with E-state index in [1.807, 2.05) is 6.20 Å². The molecule has 2 nitrogen and oxygen atoms in total. The minimum absolute atomic E-state index is 0.954. The van der Waals surface area contributed by atoms with Gasteiger partial charge in [0.15, 0.2) is 0 Å². The highest BCUT2D eigenvalue weighted by Crippen LogP contribution is 2.32. The first kappa shape index (κ1) is 9.85. The Morgan fingerprint density at radius 2 is 2.06 bits per heavy atom. The minimum atomic E-state index is 0.954. The van der Waals surface area contributed by atoms with Gasteiger partial charge in [-0.25, -0.2) is 4.98 Å². The zero-order chi connectivity index (χ0) is 11.3. The second-order valence-corrected chi connectivity index (χ2v) is 5.00. The van der Waals surface area contributed by atoms with Crippen LogP contribution in [-0.2, 0) is 0 Å². The number of nitrogens with zero attached hydrogens (tertiary/aromatic N) is 1. The summed E-state index contributed by atoms with van der Waals surface area (Å²) in [7, 11) is 0. The smallest absolute Gasteiger partial charge is 0.138 e. The lowest BCUT2D eigenvalue weighted by molar-refractivity contribution is 1.29. The van der Waals surface area contributed by atoms with Gasteiger partial charge < -0.3 is 4.98 Å². The second kappa shape index (κ2) is 3.32. The van der Waals surface area contributed by atoms with Crippen molar-refractivity contribution in [2.24, 2.45) is 0 Å². The van der Waals surface area contributed by atoms with Crippen LogP contribution in [0.2, 0.25) is 0 Å². The summed E-state index contributed by atoms with van der Waals surface area (Å²) in [5, 5.41) is 2.41. The van der Waals surface area contributed by atoms with Gasteiger partial charge in [0.2, 0.25) is 0 Å². The molecule has 0 amide bonds. The fourth-order valence-corrected chi connectivity index (χ4v) is 2.63. The molecule has 0 saturated carbocycles. The van der Waals surface area contributed by atoms with Gasteiger partial charge >= 0.3 is 0 Å². The van der Waals surface area contributed by atoms with Crippen molar-refractivity contribution in [1.29, 1.82) is 0 Å². The summed E-state index contributed by atoms with van der Waals surface area (Å²) in [4.78, 5) is 7.80. The monoisotopic (exact) mass is 274 g/mol. The van der Waals surface area contributed by atoms with Crippen LogP contribution in [0.5, 0.6) is 0 Å². The average molecular weight is 275 g/mol. The predicted octanol–water partition coefficient (Wildman–Crippen LogP) is 4.10. The van der Waals surface area contributed by atoms with E-state index >= 15 is 0 Å². The number of pyridine rings is 1. The number of halogens is 1. The molecule has 0 unspecified atom stereocenters. The highest BCUT2D eigenvalue weighted by Gasteiger charge is 2.10. The van der Waals surface area contributed by atoms with Crippen LogP contribution in [0.25, 0.3) is 21.9 Å². The van der Waals surface area contributed by atoms with Gasteiger partial charge in [0.05, 0.1) is 5.52 Å². The highest BCUT2D eigenvalue weighted by atomic mass is 79.9. The van der Waals surface area contributed by atoms with Gasteiger partial charge in [-0.05, 0) is 37.1 Å². The Kier molecular flexibility index (Phi) is 2.04. The number of nitrogens with one attached hydrogen (secondary N) is 1. The van der Waals surface area contributed by atoms with Gasteiger partial charge in [-0.3, -0.25) is 0 Å². The number of H-pyrrole nitrogens is 1. The van der Waals surface area contributed by atoms with Gasteiger partial charge in [-0.15, -0.1) is 0 Å². The van der Waals surface area contributed by atoms with Crippen molar-refractivity contribution in [3.8, 4) is 0 Å². The maximum absolute atomic E-state index is 4.42. The van der Waals surface area contributed by atoms with Crippen LogP contribution in [0.4, 0.5) is 0 Å². The molecule has 0 bridgehead atoms. The van der Waals surface area contributed by atoms with Crippen molar-refractivity contribution in [1.82, 2.24) is 9.97 Å². The Labute approximate surface area is 102 Å². The number of hydrogen-bond donors (Lipinski definition) is 1. The number of benzene rings is 1. The summed E-state index contributed by atoms with van der Waals surface area (Å²) in [6, 6.07) is 6.37. The molecule has 3 aromatic rings. The molecule has 0 saturated heterocycles. The summed E-state index contributed by atoms with van der Waals surface area (Å²) in [6.07, 6.45) is 1.89. The van der Waals surface area contributed by atoms with Gasteiger partial charge in [0, 0.05) is 21.4 Å². The third kappa shape index (κ3) is 1.28. The molecule has 0 aliphatic carbocycles. The minimum Gasteiger partial charge on any atom is -0.339 e. The van der Waals surface area contributed by atoms with Gasteiger partial charge in [-0.1, -0.05) is 22.0 Å². The normalized spacial score (nSPS) is 11.4. The first-order valence-corrected chi connectivity index (χ1v) is 5.99. The fraction of sp³-hybridized carbons (Fsp3) is 0.154. The van der Waals surface area contributed by atoms with Crippen molar-refractivity contribution >= 4 is 37.9 Å². The standard InChI is InChI=1S/C13H11BrN2/c1-7-5-9-11-10(14)4-3-8(2)12(11)16-13(9)15-6-7/h3-6H,1-2H3,(H,15,16). The number of aromatic nitrogens is 2. The Morgan fingerprint density at radius 3 is 2.88 bits per heavy atom. The van der Waals surface area contributed by atoms with Crippen molar-refractivity contribution in [3.63, 3.8) is 0 Å². The van der Waals surface area contributed by atoms with Crippen LogP contribution in [0.3, 0.4) is 0 Å². The van der Waals surface area contributed by atoms with Crippen LogP contribution in [-0.4, -0.2) is 9.97 Å². The lowest BCUT2D eigenvalue weighted by Gasteiger charge is -1.98. The number of fused-ring (bicyclic) bond motifs is 3. The van der Waals surface area contributed by atoms with Crippen LogP contribution in [0.1, 0.15) is 11.1 Å². The van der Waals surface area contributed by atoms with Gasteiger partial charge in [-0.2, -0.15) is 0 Å². The maximum atomic E-state index is 4.42. The number of rotatable bonds is 0. The zero-order valence-electron chi connectivity index (χ0n) is 9.13. The van der Waals surface area contributed by atoms with Crippen LogP contribution < -0.4 is 0 Å². The molecule has 3 rings (SSSR count). The van der Waals surface area contributed by atoms with E-state index in [-0.39, 0.29) is 0 Å². The summed E-state index contributed by atoms with van der Waals surface area (Å²) >= 11 is 3.61. The Hall–Kier alpha value is -1.35. The SMILES string of the molecule is Cc1cnc2[nH]c3c(C)ccc(Br)c3c2c1. The van der Waals surface area contributed by atoms with E-state index in [0.717, 1.165) is 10.1 Å². The zero-order valence-corrected chi connectivity index (χ0v) is 10.7. The molecule has 16 heavy (non-hydrogen) atoms. The maximum Gasteiger partial charge on any atom is 0.138 e. The lowest BCUT2D eigenvalue weighted by atomic mass is 10.1. The van der Waals surface area contributed by atoms with E-state index in [2.05, 4.69) is 57.9 Å². The first-order valence-electron chi connectivity index (χ1n) is 5.20. The topological polar surface area (TPSA) is 28.7 Å². The molecular weight excluding hydrogens is 264 g/mol. The average Bonchev–Trinajstić information content (AvgIpc) is 2.63. The lowest BCUT2D eigenvalue weighted by Crippen LogP contribution is -1.77. The largest absolute Gasteiger partial charge is 0.339 e.